The molecule has 2 aromatic rings. The summed E-state index contributed by atoms with van der Waals surface area (Å²) in [6.07, 6.45) is 4.57. The minimum atomic E-state index is -0.522. The van der Waals surface area contributed by atoms with Crippen LogP contribution in [0.4, 0.5) is 4.39 Å². The molecular weight excluding hydrogens is 493 g/mol. The van der Waals surface area contributed by atoms with Crippen molar-refractivity contribution >= 4 is 23.4 Å². The van der Waals surface area contributed by atoms with Crippen LogP contribution in [-0.2, 0) is 4.79 Å². The van der Waals surface area contributed by atoms with Crippen molar-refractivity contribution in [3.05, 3.63) is 63.4 Å². The van der Waals surface area contributed by atoms with Gasteiger partial charge in [0.1, 0.15) is 11.6 Å². The van der Waals surface area contributed by atoms with E-state index in [0.717, 1.165) is 37.0 Å². The number of fused-ring (bicyclic) bond motifs is 2. The first-order valence-corrected chi connectivity index (χ1v) is 13.6. The lowest BCUT2D eigenvalue weighted by Gasteiger charge is -2.43. The summed E-state index contributed by atoms with van der Waals surface area (Å²) in [7, 11) is 0. The smallest absolute Gasteiger partial charge is 0.251 e. The maximum absolute atomic E-state index is 13.5. The van der Waals surface area contributed by atoms with E-state index in [9.17, 15) is 14.0 Å². The molecule has 3 saturated heterocycles. The minimum Gasteiger partial charge on any atom is -0.493 e. The Bertz CT molecular complexity index is 1190. The normalized spacial score (nSPS) is 26.1. The van der Waals surface area contributed by atoms with Crippen molar-refractivity contribution in [1.82, 2.24) is 15.5 Å². The van der Waals surface area contributed by atoms with Crippen molar-refractivity contribution in [2.45, 2.75) is 77.0 Å². The quantitative estimate of drug-likeness (QED) is 0.526. The van der Waals surface area contributed by atoms with Crippen molar-refractivity contribution in [2.75, 3.05) is 13.2 Å². The summed E-state index contributed by atoms with van der Waals surface area (Å²) in [5.41, 5.74) is 4.09. The van der Waals surface area contributed by atoms with E-state index in [2.05, 4.69) is 48.4 Å². The van der Waals surface area contributed by atoms with Gasteiger partial charge in [0.2, 0.25) is 5.91 Å². The number of halogens is 2. The van der Waals surface area contributed by atoms with Crippen LogP contribution in [0.5, 0.6) is 5.75 Å². The number of rotatable bonds is 7. The van der Waals surface area contributed by atoms with E-state index >= 15 is 0 Å². The molecular formula is C29H35ClFN3O3. The van der Waals surface area contributed by atoms with Crippen molar-refractivity contribution in [2.24, 2.45) is 5.92 Å². The second kappa shape index (κ2) is 10.6. The number of nitrogens with one attached hydrogen (secondary N) is 2. The first kappa shape index (κ1) is 26.0. The Morgan fingerprint density at radius 1 is 1.19 bits per heavy atom. The van der Waals surface area contributed by atoms with E-state index in [1.54, 1.807) is 0 Å². The van der Waals surface area contributed by atoms with Crippen molar-refractivity contribution < 1.29 is 18.7 Å². The molecule has 3 aliphatic heterocycles. The molecule has 8 heteroatoms. The molecule has 3 aliphatic rings. The molecule has 2 amide bonds. The van der Waals surface area contributed by atoms with E-state index < -0.39 is 5.82 Å². The number of hydrogen-bond acceptors (Lipinski definition) is 4. The predicted octanol–water partition coefficient (Wildman–Crippen LogP) is 5.10. The second-order valence-corrected chi connectivity index (χ2v) is 11.3. The van der Waals surface area contributed by atoms with Gasteiger partial charge in [-0.3, -0.25) is 14.5 Å². The van der Waals surface area contributed by atoms with Gasteiger partial charge in [-0.15, -0.1) is 0 Å². The van der Waals surface area contributed by atoms with Crippen molar-refractivity contribution in [1.29, 1.82) is 0 Å². The molecule has 5 rings (SSSR count). The summed E-state index contributed by atoms with van der Waals surface area (Å²) in [5, 5.41) is 5.99. The summed E-state index contributed by atoms with van der Waals surface area (Å²) >= 11 is 5.87. The summed E-state index contributed by atoms with van der Waals surface area (Å²) in [5.74, 6) is 0.490. The van der Waals surface area contributed by atoms with Crippen LogP contribution in [0.25, 0.3) is 0 Å². The van der Waals surface area contributed by atoms with E-state index in [1.165, 1.54) is 29.3 Å². The molecule has 0 radical (unpaired) electrons. The standard InChI is InChI=1S/C29H35ClFN3O3/c1-16-17(2)27(37-15-19-10-28(35)32-14-19)9-7-24(16)18(3)34-22-5-6-23(34)13-21(12-22)33-29(36)20-4-8-26(31)25(30)11-20/h4,7-9,11,18-19,21-23H,5-6,10,12-15H2,1-3H3,(H,32,35)(H,33,36). The van der Waals surface area contributed by atoms with Crippen LogP contribution in [0.2, 0.25) is 5.02 Å². The lowest BCUT2D eigenvalue weighted by atomic mass is 9.91. The zero-order chi connectivity index (χ0) is 26.3. The predicted molar refractivity (Wildman–Crippen MR) is 141 cm³/mol. The molecule has 0 aromatic heterocycles. The lowest BCUT2D eigenvalue weighted by Crippen LogP contribution is -2.51. The number of piperidine rings is 1. The second-order valence-electron chi connectivity index (χ2n) is 10.9. The maximum atomic E-state index is 13.5. The Kier molecular flexibility index (Phi) is 7.46. The van der Waals surface area contributed by atoms with E-state index in [1.807, 2.05) is 0 Å². The highest BCUT2D eigenvalue weighted by molar-refractivity contribution is 6.31. The van der Waals surface area contributed by atoms with E-state index in [-0.39, 0.29) is 34.8 Å². The SMILES string of the molecule is Cc1c(OCC2CNC(=O)C2)ccc(C(C)N2C3CCC2CC(NC(=O)c2ccc(F)c(Cl)c2)C3)c1C. The fourth-order valence-corrected chi connectivity index (χ4v) is 6.63. The number of amides is 2. The third-order valence-electron chi connectivity index (χ3n) is 8.52. The van der Waals surface area contributed by atoms with Gasteiger partial charge in [0.05, 0.1) is 11.6 Å². The van der Waals surface area contributed by atoms with Crippen LogP contribution < -0.4 is 15.4 Å². The zero-order valence-corrected chi connectivity index (χ0v) is 22.4. The highest BCUT2D eigenvalue weighted by Gasteiger charge is 2.43. The zero-order valence-electron chi connectivity index (χ0n) is 21.7. The molecule has 4 atom stereocenters. The molecule has 37 heavy (non-hydrogen) atoms. The summed E-state index contributed by atoms with van der Waals surface area (Å²) < 4.78 is 19.6. The Morgan fingerprint density at radius 3 is 2.57 bits per heavy atom. The van der Waals surface area contributed by atoms with Crippen LogP contribution >= 0.6 is 11.6 Å². The Hall–Kier alpha value is -2.64. The summed E-state index contributed by atoms with van der Waals surface area (Å²) in [6, 6.07) is 9.51. The number of hydrogen-bond donors (Lipinski definition) is 2. The van der Waals surface area contributed by atoms with Crippen molar-refractivity contribution in [3.8, 4) is 5.75 Å². The van der Waals surface area contributed by atoms with Gasteiger partial charge >= 0.3 is 0 Å². The Balaban J connectivity index is 1.23. The molecule has 6 nitrogen and oxygen atoms in total. The Labute approximate surface area is 222 Å². The van der Waals surface area contributed by atoms with Crippen molar-refractivity contribution in [3.63, 3.8) is 0 Å². The van der Waals surface area contributed by atoms with E-state index in [4.69, 9.17) is 16.3 Å². The van der Waals surface area contributed by atoms with Gasteiger partial charge in [-0.2, -0.15) is 0 Å². The Morgan fingerprint density at radius 2 is 1.92 bits per heavy atom. The molecule has 198 valence electrons. The van der Waals surface area contributed by atoms with Gasteiger partial charge in [0.25, 0.3) is 5.91 Å². The number of benzene rings is 2. The van der Waals surface area contributed by atoms with Crippen LogP contribution in [0.1, 0.15) is 72.1 Å². The molecule has 2 bridgehead atoms. The third-order valence-corrected chi connectivity index (χ3v) is 8.81. The first-order chi connectivity index (χ1) is 17.7. The van der Waals surface area contributed by atoms with Crippen LogP contribution in [0.3, 0.4) is 0 Å². The van der Waals surface area contributed by atoms with E-state index in [0.29, 0.717) is 37.2 Å². The van der Waals surface area contributed by atoms with Crippen LogP contribution in [0, 0.1) is 25.6 Å². The maximum Gasteiger partial charge on any atom is 0.251 e. The number of ether oxygens (including phenoxy) is 1. The van der Waals surface area contributed by atoms with Gasteiger partial charge in [0, 0.05) is 48.6 Å². The molecule has 0 aliphatic carbocycles. The number of nitrogens with zero attached hydrogens (tertiary/aromatic N) is 1. The number of carbonyl (C=O) groups excluding carboxylic acids is 2. The van der Waals surface area contributed by atoms with Gasteiger partial charge in [-0.1, -0.05) is 17.7 Å². The molecule has 0 spiro atoms. The molecule has 2 aromatic carbocycles. The molecule has 0 saturated carbocycles. The average molecular weight is 528 g/mol. The van der Waals surface area contributed by atoms with Gasteiger partial charge in [-0.05, 0) is 87.4 Å². The van der Waals surface area contributed by atoms with Crippen LogP contribution in [0.15, 0.2) is 30.3 Å². The lowest BCUT2D eigenvalue weighted by molar-refractivity contribution is -0.119. The minimum absolute atomic E-state index is 0.0379. The largest absolute Gasteiger partial charge is 0.493 e. The third kappa shape index (κ3) is 5.34. The highest BCUT2D eigenvalue weighted by Crippen LogP contribution is 2.43. The monoisotopic (exact) mass is 527 g/mol. The summed E-state index contributed by atoms with van der Waals surface area (Å²) in [6.45, 7) is 7.78. The summed E-state index contributed by atoms with van der Waals surface area (Å²) in [4.78, 5) is 26.9. The highest BCUT2D eigenvalue weighted by atomic mass is 35.5. The van der Waals surface area contributed by atoms with Gasteiger partial charge < -0.3 is 15.4 Å². The molecule has 3 heterocycles. The topological polar surface area (TPSA) is 70.7 Å². The van der Waals surface area contributed by atoms with Crippen LogP contribution in [-0.4, -0.2) is 48.0 Å². The average Bonchev–Trinajstić information content (AvgIpc) is 3.40. The fraction of sp³-hybridized carbons (Fsp3) is 0.517. The first-order valence-electron chi connectivity index (χ1n) is 13.2. The molecule has 2 N–H and O–H groups in total. The van der Waals surface area contributed by atoms with Gasteiger partial charge in [-0.25, -0.2) is 4.39 Å². The molecule has 3 fully saturated rings. The number of carbonyl (C=O) groups is 2. The van der Waals surface area contributed by atoms with Gasteiger partial charge in [0.15, 0.2) is 0 Å². The fourth-order valence-electron chi connectivity index (χ4n) is 6.45. The molecule has 4 unspecified atom stereocenters.